The molecule has 0 unspecified atom stereocenters. The zero-order valence-corrected chi connectivity index (χ0v) is 7.01. The molecule has 0 fully saturated rings. The van der Waals surface area contributed by atoms with Crippen LogP contribution < -0.4 is 0 Å². The van der Waals surface area contributed by atoms with Crippen LogP contribution in [-0.4, -0.2) is 17.7 Å². The zero-order valence-electron chi connectivity index (χ0n) is 7.01. The van der Waals surface area contributed by atoms with Crippen LogP contribution in [-0.2, 0) is 4.74 Å². The second-order valence-corrected chi connectivity index (χ2v) is 2.02. The highest BCUT2D eigenvalue weighted by Crippen LogP contribution is 2.28. The molecule has 0 aliphatic heterocycles. The van der Waals surface area contributed by atoms with Crippen molar-refractivity contribution in [2.24, 2.45) is 0 Å². The Hall–Kier alpha value is -1.31. The molecule has 0 aliphatic carbocycles. The fraction of sp³-hybridized carbons (Fsp3) is 0.286. The summed E-state index contributed by atoms with van der Waals surface area (Å²) in [6.45, 7) is 0. The van der Waals surface area contributed by atoms with E-state index in [9.17, 15) is 26.3 Å². The van der Waals surface area contributed by atoms with E-state index in [1.54, 1.807) is 17.1 Å². The third-order valence-electron chi connectivity index (χ3n) is 0.798. The lowest BCUT2D eigenvalue weighted by Crippen LogP contribution is -2.25. The Kier molecular flexibility index (Phi) is 5.06. The van der Waals surface area contributed by atoms with Gasteiger partial charge in [-0.1, -0.05) is 6.07 Å². The molecule has 2 nitrogen and oxygen atoms in total. The largest absolute Gasteiger partial charge is 0.529 e. The summed E-state index contributed by atoms with van der Waals surface area (Å²) < 4.78 is 65.3. The van der Waals surface area contributed by atoms with Crippen LogP contribution in [0.25, 0.3) is 0 Å². The molecule has 1 heterocycles. The normalized spacial score (nSPS) is 11.6. The third kappa shape index (κ3) is 12.7. The Morgan fingerprint density at radius 2 is 1.13 bits per heavy atom. The number of alkyl halides is 6. The Bertz CT molecular complexity index is 218. The first-order chi connectivity index (χ1) is 6.71. The first kappa shape index (κ1) is 13.7. The van der Waals surface area contributed by atoms with E-state index >= 15 is 0 Å². The molecule has 0 spiro atoms. The minimum atomic E-state index is -5.64. The summed E-state index contributed by atoms with van der Waals surface area (Å²) >= 11 is 0. The molecule has 0 aromatic carbocycles. The molecular weight excluding hydrogens is 228 g/mol. The number of halogens is 6. The summed E-state index contributed by atoms with van der Waals surface area (Å²) in [5.74, 6) is 0. The van der Waals surface area contributed by atoms with E-state index in [0.717, 1.165) is 0 Å². The molecule has 0 aliphatic rings. The molecule has 8 heteroatoms. The highest BCUT2D eigenvalue weighted by atomic mass is 19.4. The molecule has 86 valence electrons. The Morgan fingerprint density at radius 3 is 1.20 bits per heavy atom. The van der Waals surface area contributed by atoms with Gasteiger partial charge in [-0.2, -0.15) is 4.74 Å². The average molecular weight is 233 g/mol. The molecule has 15 heavy (non-hydrogen) atoms. The molecule has 0 saturated carbocycles. The first-order valence-corrected chi connectivity index (χ1v) is 3.39. The Balaban J connectivity index is 0.000000280. The van der Waals surface area contributed by atoms with Gasteiger partial charge >= 0.3 is 12.7 Å². The minimum Gasteiger partial charge on any atom is -0.265 e. The van der Waals surface area contributed by atoms with Gasteiger partial charge in [-0.05, 0) is 12.1 Å². The van der Waals surface area contributed by atoms with Crippen LogP contribution in [0.3, 0.4) is 0 Å². The van der Waals surface area contributed by atoms with Crippen molar-refractivity contribution < 1.29 is 31.1 Å². The molecule has 0 amide bonds. The van der Waals surface area contributed by atoms with Crippen molar-refractivity contribution >= 4 is 0 Å². The van der Waals surface area contributed by atoms with Gasteiger partial charge in [0.1, 0.15) is 0 Å². The minimum absolute atomic E-state index is 1.62. The van der Waals surface area contributed by atoms with Gasteiger partial charge in [0.25, 0.3) is 0 Å². The lowest BCUT2D eigenvalue weighted by atomic mass is 10.5. The first-order valence-electron chi connectivity index (χ1n) is 3.39. The van der Waals surface area contributed by atoms with E-state index < -0.39 is 12.7 Å². The summed E-state index contributed by atoms with van der Waals surface area (Å²) in [5.41, 5.74) is 0. The van der Waals surface area contributed by atoms with Crippen molar-refractivity contribution in [3.8, 4) is 0 Å². The standard InChI is InChI=1S/C5H5N.C2F6O/c1-2-4-6-5-3-1;3-1(4,5)9-2(6,7)8/h1-5H;. The quantitative estimate of drug-likeness (QED) is 0.642. The maximum absolute atomic E-state index is 10.6. The summed E-state index contributed by atoms with van der Waals surface area (Å²) in [5, 5.41) is 0. The lowest BCUT2D eigenvalue weighted by Gasteiger charge is -2.08. The van der Waals surface area contributed by atoms with Gasteiger partial charge in [-0.3, -0.25) is 4.98 Å². The Labute approximate surface area is 80.5 Å². The van der Waals surface area contributed by atoms with Gasteiger partial charge in [0, 0.05) is 12.4 Å². The second kappa shape index (κ2) is 5.54. The van der Waals surface area contributed by atoms with Crippen molar-refractivity contribution in [3.05, 3.63) is 30.6 Å². The van der Waals surface area contributed by atoms with Crippen molar-refractivity contribution in [3.63, 3.8) is 0 Å². The number of aromatic nitrogens is 1. The monoisotopic (exact) mass is 233 g/mol. The van der Waals surface area contributed by atoms with Gasteiger partial charge in [-0.15, -0.1) is 26.3 Å². The van der Waals surface area contributed by atoms with Crippen molar-refractivity contribution in [1.29, 1.82) is 0 Å². The third-order valence-corrected chi connectivity index (χ3v) is 0.798. The fourth-order valence-electron chi connectivity index (χ4n) is 0.444. The van der Waals surface area contributed by atoms with E-state index in [1.165, 1.54) is 0 Å². The molecule has 0 bridgehead atoms. The maximum Gasteiger partial charge on any atom is 0.529 e. The predicted octanol–water partition coefficient (Wildman–Crippen LogP) is 3.12. The summed E-state index contributed by atoms with van der Waals surface area (Å²) in [4.78, 5) is 3.78. The number of hydrogen-bond acceptors (Lipinski definition) is 2. The predicted molar refractivity (Wildman–Crippen MR) is 37.4 cm³/mol. The summed E-state index contributed by atoms with van der Waals surface area (Å²) in [7, 11) is 0. The van der Waals surface area contributed by atoms with Crippen LogP contribution in [0.4, 0.5) is 26.3 Å². The van der Waals surface area contributed by atoms with Crippen molar-refractivity contribution in [2.45, 2.75) is 12.7 Å². The van der Waals surface area contributed by atoms with Crippen LogP contribution >= 0.6 is 0 Å². The molecule has 0 N–H and O–H groups in total. The molecule has 1 aromatic heterocycles. The van der Waals surface area contributed by atoms with Crippen LogP contribution in [0.1, 0.15) is 0 Å². The van der Waals surface area contributed by atoms with Crippen LogP contribution in [0.5, 0.6) is 0 Å². The topological polar surface area (TPSA) is 22.1 Å². The lowest BCUT2D eigenvalue weighted by molar-refractivity contribution is -0.463. The number of pyridine rings is 1. The number of ether oxygens (including phenoxy) is 1. The van der Waals surface area contributed by atoms with Crippen LogP contribution in [0, 0.1) is 0 Å². The van der Waals surface area contributed by atoms with E-state index in [-0.39, 0.29) is 0 Å². The average Bonchev–Trinajstić information content (AvgIpc) is 2.01. The molecule has 1 aromatic rings. The molecule has 0 atom stereocenters. The SMILES string of the molecule is FC(F)(F)OC(F)(F)F.c1ccncc1. The highest BCUT2D eigenvalue weighted by Gasteiger charge is 2.45. The van der Waals surface area contributed by atoms with Gasteiger partial charge < -0.3 is 0 Å². The van der Waals surface area contributed by atoms with Gasteiger partial charge in [0.05, 0.1) is 0 Å². The van der Waals surface area contributed by atoms with E-state index in [4.69, 9.17) is 0 Å². The maximum atomic E-state index is 10.6. The molecular formula is C7H5F6NO. The zero-order chi connectivity index (χ0) is 11.9. The van der Waals surface area contributed by atoms with Crippen molar-refractivity contribution in [2.75, 3.05) is 0 Å². The number of rotatable bonds is 0. The van der Waals surface area contributed by atoms with Crippen molar-refractivity contribution in [1.82, 2.24) is 4.98 Å². The van der Waals surface area contributed by atoms with Crippen LogP contribution in [0.15, 0.2) is 30.6 Å². The Morgan fingerprint density at radius 1 is 0.733 bits per heavy atom. The van der Waals surface area contributed by atoms with Gasteiger partial charge in [-0.25, -0.2) is 0 Å². The van der Waals surface area contributed by atoms with Gasteiger partial charge in [0.2, 0.25) is 0 Å². The summed E-state index contributed by atoms with van der Waals surface area (Å²) in [6, 6.07) is 5.72. The number of nitrogens with zero attached hydrogens (tertiary/aromatic N) is 1. The number of hydrogen-bond donors (Lipinski definition) is 0. The van der Waals surface area contributed by atoms with Gasteiger partial charge in [0.15, 0.2) is 0 Å². The van der Waals surface area contributed by atoms with E-state index in [1.807, 2.05) is 18.2 Å². The second-order valence-electron chi connectivity index (χ2n) is 2.02. The molecule has 0 saturated heterocycles. The smallest absolute Gasteiger partial charge is 0.265 e. The highest BCUT2D eigenvalue weighted by molar-refractivity contribution is 4.88. The van der Waals surface area contributed by atoms with Crippen LogP contribution in [0.2, 0.25) is 0 Å². The molecule has 1 rings (SSSR count). The van der Waals surface area contributed by atoms with E-state index in [2.05, 4.69) is 4.98 Å². The van der Waals surface area contributed by atoms with E-state index in [0.29, 0.717) is 0 Å². The fourth-order valence-corrected chi connectivity index (χ4v) is 0.444. The molecule has 0 radical (unpaired) electrons. The summed E-state index contributed by atoms with van der Waals surface area (Å²) in [6.07, 6.45) is -7.78.